The van der Waals surface area contributed by atoms with E-state index < -0.39 is 0 Å². The average molecular weight is 275 g/mol. The third-order valence-corrected chi connectivity index (χ3v) is 4.72. The minimum absolute atomic E-state index is 0.191. The number of benzene rings is 1. The fraction of sp³-hybridized carbons (Fsp3) is 0.600. The molecule has 0 aromatic heterocycles. The molecule has 3 rings (SSSR count). The third kappa shape index (κ3) is 2.38. The summed E-state index contributed by atoms with van der Waals surface area (Å²) in [6, 6.07) is 8.72. The second kappa shape index (κ2) is 5.40. The Morgan fingerprint density at radius 1 is 1.30 bits per heavy atom. The van der Waals surface area contributed by atoms with Crippen LogP contribution in [-0.4, -0.2) is 30.1 Å². The minimum Gasteiger partial charge on any atom is -0.365 e. The lowest BCUT2D eigenvalue weighted by molar-refractivity contribution is -0.384. The van der Waals surface area contributed by atoms with Crippen molar-refractivity contribution in [2.24, 2.45) is 0 Å². The zero-order valence-electron chi connectivity index (χ0n) is 11.8. The van der Waals surface area contributed by atoms with Gasteiger partial charge in [-0.25, -0.2) is 0 Å². The number of nitrogens with one attached hydrogen (secondary N) is 1. The molecule has 2 aliphatic heterocycles. The van der Waals surface area contributed by atoms with Crippen molar-refractivity contribution in [1.29, 1.82) is 0 Å². The van der Waals surface area contributed by atoms with Crippen molar-refractivity contribution in [3.63, 3.8) is 0 Å². The van der Waals surface area contributed by atoms with E-state index in [0.29, 0.717) is 18.1 Å². The van der Waals surface area contributed by atoms with E-state index in [1.165, 1.54) is 19.3 Å². The summed E-state index contributed by atoms with van der Waals surface area (Å²) in [4.78, 5) is 13.1. The van der Waals surface area contributed by atoms with Gasteiger partial charge in [0.15, 0.2) is 0 Å². The summed E-state index contributed by atoms with van der Waals surface area (Å²) in [5.41, 5.74) is 1.21. The van der Waals surface area contributed by atoms with Gasteiger partial charge in [0.05, 0.1) is 4.92 Å². The SMILES string of the molecule is CNC1CC2CCCC(C1)N2c1cccc([N+](=O)[O-])c1. The lowest BCUT2D eigenvalue weighted by Gasteiger charge is -2.50. The summed E-state index contributed by atoms with van der Waals surface area (Å²) in [7, 11) is 2.03. The quantitative estimate of drug-likeness (QED) is 0.680. The first-order valence-corrected chi connectivity index (χ1v) is 7.39. The van der Waals surface area contributed by atoms with E-state index in [1.807, 2.05) is 13.1 Å². The molecule has 2 unspecified atom stereocenters. The number of anilines is 1. The molecular formula is C15H21N3O2. The number of piperidine rings is 2. The van der Waals surface area contributed by atoms with E-state index in [9.17, 15) is 10.1 Å². The number of fused-ring (bicyclic) bond motifs is 2. The molecule has 5 nitrogen and oxygen atoms in total. The fourth-order valence-electron chi connectivity index (χ4n) is 3.81. The van der Waals surface area contributed by atoms with Crippen LogP contribution in [0.25, 0.3) is 0 Å². The van der Waals surface area contributed by atoms with Crippen LogP contribution in [0.5, 0.6) is 0 Å². The first kappa shape index (κ1) is 13.4. The zero-order valence-corrected chi connectivity index (χ0v) is 11.8. The predicted octanol–water partition coefficient (Wildman–Crippen LogP) is 2.70. The van der Waals surface area contributed by atoms with E-state index in [2.05, 4.69) is 10.2 Å². The predicted molar refractivity (Wildman–Crippen MR) is 79.1 cm³/mol. The van der Waals surface area contributed by atoms with Crippen LogP contribution in [-0.2, 0) is 0 Å². The van der Waals surface area contributed by atoms with Gasteiger partial charge in [-0.1, -0.05) is 6.07 Å². The van der Waals surface area contributed by atoms with Gasteiger partial charge in [0.25, 0.3) is 5.69 Å². The van der Waals surface area contributed by atoms with Crippen molar-refractivity contribution in [2.75, 3.05) is 11.9 Å². The Morgan fingerprint density at radius 2 is 2.00 bits per heavy atom. The summed E-state index contributed by atoms with van der Waals surface area (Å²) in [5.74, 6) is 0. The molecular weight excluding hydrogens is 254 g/mol. The summed E-state index contributed by atoms with van der Waals surface area (Å²) in [5, 5.41) is 14.4. The van der Waals surface area contributed by atoms with Crippen molar-refractivity contribution in [3.05, 3.63) is 34.4 Å². The van der Waals surface area contributed by atoms with Gasteiger partial charge in [0.1, 0.15) is 0 Å². The molecule has 5 heteroatoms. The van der Waals surface area contributed by atoms with Crippen molar-refractivity contribution in [2.45, 2.75) is 50.2 Å². The van der Waals surface area contributed by atoms with Crippen LogP contribution in [0.3, 0.4) is 0 Å². The lowest BCUT2D eigenvalue weighted by atomic mass is 9.81. The van der Waals surface area contributed by atoms with Gasteiger partial charge in [-0.3, -0.25) is 10.1 Å². The van der Waals surface area contributed by atoms with Crippen LogP contribution >= 0.6 is 0 Å². The number of nitro groups is 1. The van der Waals surface area contributed by atoms with Gasteiger partial charge in [0.2, 0.25) is 0 Å². The molecule has 1 N–H and O–H groups in total. The van der Waals surface area contributed by atoms with Gasteiger partial charge in [-0.2, -0.15) is 0 Å². The van der Waals surface area contributed by atoms with Crippen molar-refractivity contribution >= 4 is 11.4 Å². The molecule has 1 aromatic rings. The van der Waals surface area contributed by atoms with Crippen molar-refractivity contribution < 1.29 is 4.92 Å². The Balaban J connectivity index is 1.89. The maximum absolute atomic E-state index is 11.0. The van der Waals surface area contributed by atoms with Crippen LogP contribution in [0.1, 0.15) is 32.1 Å². The van der Waals surface area contributed by atoms with Gasteiger partial charge in [-0.05, 0) is 45.2 Å². The number of rotatable bonds is 3. The summed E-state index contributed by atoms with van der Waals surface area (Å²) < 4.78 is 0. The van der Waals surface area contributed by atoms with Crippen LogP contribution in [0.15, 0.2) is 24.3 Å². The van der Waals surface area contributed by atoms with Crippen LogP contribution < -0.4 is 10.2 Å². The first-order chi connectivity index (χ1) is 9.69. The van der Waals surface area contributed by atoms with E-state index in [-0.39, 0.29) is 10.6 Å². The highest BCUT2D eigenvalue weighted by Crippen LogP contribution is 2.38. The summed E-state index contributed by atoms with van der Waals surface area (Å²) in [6.07, 6.45) is 5.93. The van der Waals surface area contributed by atoms with Crippen LogP contribution in [0.4, 0.5) is 11.4 Å². The summed E-state index contributed by atoms with van der Waals surface area (Å²) >= 11 is 0. The number of non-ortho nitro benzene ring substituents is 1. The third-order valence-electron chi connectivity index (χ3n) is 4.72. The number of nitro benzene ring substituents is 1. The number of hydrogen-bond donors (Lipinski definition) is 1. The van der Waals surface area contributed by atoms with Gasteiger partial charge < -0.3 is 10.2 Å². The monoisotopic (exact) mass is 275 g/mol. The molecule has 0 aliphatic carbocycles. The second-order valence-corrected chi connectivity index (χ2v) is 5.88. The Kier molecular flexibility index (Phi) is 3.61. The van der Waals surface area contributed by atoms with Crippen LogP contribution in [0.2, 0.25) is 0 Å². The molecule has 108 valence electrons. The maximum atomic E-state index is 11.0. The zero-order chi connectivity index (χ0) is 14.1. The summed E-state index contributed by atoms with van der Waals surface area (Å²) in [6.45, 7) is 0. The molecule has 0 radical (unpaired) electrons. The Bertz CT molecular complexity index is 492. The minimum atomic E-state index is -0.306. The largest absolute Gasteiger partial charge is 0.365 e. The highest BCUT2D eigenvalue weighted by Gasteiger charge is 2.38. The molecule has 2 saturated heterocycles. The van der Waals surface area contributed by atoms with Crippen molar-refractivity contribution in [3.8, 4) is 0 Å². The molecule has 20 heavy (non-hydrogen) atoms. The molecule has 2 fully saturated rings. The Morgan fingerprint density at radius 3 is 2.60 bits per heavy atom. The Labute approximate surface area is 119 Å². The standard InChI is InChI=1S/C15H21N3O2/c1-16-11-8-12-4-2-5-13(9-11)17(12)14-6-3-7-15(10-14)18(19)20/h3,6-7,10-13,16H,2,4-5,8-9H2,1H3. The van der Waals surface area contributed by atoms with E-state index in [4.69, 9.17) is 0 Å². The molecule has 0 amide bonds. The van der Waals surface area contributed by atoms with E-state index in [0.717, 1.165) is 18.5 Å². The van der Waals surface area contributed by atoms with Crippen molar-refractivity contribution in [1.82, 2.24) is 5.32 Å². The molecule has 0 spiro atoms. The molecule has 1 aromatic carbocycles. The highest BCUT2D eigenvalue weighted by atomic mass is 16.6. The van der Waals surface area contributed by atoms with Crippen LogP contribution in [0, 0.1) is 10.1 Å². The number of hydrogen-bond acceptors (Lipinski definition) is 4. The maximum Gasteiger partial charge on any atom is 0.271 e. The van der Waals surface area contributed by atoms with Gasteiger partial charge >= 0.3 is 0 Å². The second-order valence-electron chi connectivity index (χ2n) is 5.88. The Hall–Kier alpha value is -1.62. The molecule has 2 atom stereocenters. The normalized spacial score (nSPS) is 29.2. The van der Waals surface area contributed by atoms with E-state index in [1.54, 1.807) is 18.2 Å². The highest BCUT2D eigenvalue weighted by molar-refractivity contribution is 5.55. The fourth-order valence-corrected chi connectivity index (χ4v) is 3.81. The molecule has 0 saturated carbocycles. The molecule has 2 aliphatic rings. The van der Waals surface area contributed by atoms with Gasteiger partial charge in [-0.15, -0.1) is 0 Å². The van der Waals surface area contributed by atoms with Gasteiger partial charge in [0, 0.05) is 35.9 Å². The topological polar surface area (TPSA) is 58.4 Å². The first-order valence-electron chi connectivity index (χ1n) is 7.39. The smallest absolute Gasteiger partial charge is 0.271 e. The number of nitrogens with zero attached hydrogens (tertiary/aromatic N) is 2. The molecule has 2 heterocycles. The average Bonchev–Trinajstić information content (AvgIpc) is 2.46. The lowest BCUT2D eigenvalue weighted by Crippen LogP contribution is -2.56. The molecule has 2 bridgehead atoms. The van der Waals surface area contributed by atoms with E-state index >= 15 is 0 Å².